The normalized spacial score (nSPS) is 22.1. The van der Waals surface area contributed by atoms with Gasteiger partial charge < -0.3 is 10.6 Å². The van der Waals surface area contributed by atoms with E-state index >= 15 is 0 Å². The molecular formula is C15H28ClN3O. The van der Waals surface area contributed by atoms with Crippen molar-refractivity contribution in [3.8, 4) is 0 Å². The summed E-state index contributed by atoms with van der Waals surface area (Å²) in [6.07, 6.45) is 2.28. The number of nitrogens with zero attached hydrogens (tertiary/aromatic N) is 1. The summed E-state index contributed by atoms with van der Waals surface area (Å²) >= 11 is 5.88. The molecular weight excluding hydrogens is 274 g/mol. The smallest absolute Gasteiger partial charge is 0.315 e. The molecule has 0 bridgehead atoms. The van der Waals surface area contributed by atoms with Crippen LogP contribution in [-0.4, -0.2) is 42.1 Å². The Morgan fingerprint density at radius 2 is 2.15 bits per heavy atom. The van der Waals surface area contributed by atoms with Gasteiger partial charge in [0.15, 0.2) is 0 Å². The Bertz CT molecular complexity index is 352. The molecule has 4 nitrogen and oxygen atoms in total. The summed E-state index contributed by atoms with van der Waals surface area (Å²) in [5, 5.41) is 6.66. The van der Waals surface area contributed by atoms with Crippen LogP contribution in [0.3, 0.4) is 0 Å². The molecule has 0 aromatic rings. The van der Waals surface area contributed by atoms with E-state index in [1.54, 1.807) is 0 Å². The van der Waals surface area contributed by atoms with Crippen molar-refractivity contribution in [2.45, 2.75) is 52.1 Å². The van der Waals surface area contributed by atoms with Gasteiger partial charge in [-0.15, -0.1) is 0 Å². The molecule has 0 saturated carbocycles. The summed E-state index contributed by atoms with van der Waals surface area (Å²) in [7, 11) is 0. The molecule has 1 aliphatic heterocycles. The predicted molar refractivity (Wildman–Crippen MR) is 85.0 cm³/mol. The first-order valence-electron chi connectivity index (χ1n) is 7.31. The van der Waals surface area contributed by atoms with E-state index in [9.17, 15) is 4.79 Å². The third-order valence-corrected chi connectivity index (χ3v) is 3.61. The van der Waals surface area contributed by atoms with E-state index < -0.39 is 0 Å². The summed E-state index contributed by atoms with van der Waals surface area (Å²) in [6, 6.07) is 0.0626. The molecule has 0 aliphatic carbocycles. The van der Waals surface area contributed by atoms with Crippen LogP contribution in [0.4, 0.5) is 4.79 Å². The molecule has 2 amide bonds. The summed E-state index contributed by atoms with van der Waals surface area (Å²) in [6.45, 7) is 14.5. The lowest BCUT2D eigenvalue weighted by atomic mass is 9.91. The van der Waals surface area contributed by atoms with E-state index in [1.807, 2.05) is 20.8 Å². The van der Waals surface area contributed by atoms with Crippen molar-refractivity contribution >= 4 is 17.6 Å². The average molecular weight is 302 g/mol. The zero-order valence-corrected chi connectivity index (χ0v) is 13.9. The maximum Gasteiger partial charge on any atom is 0.315 e. The van der Waals surface area contributed by atoms with Gasteiger partial charge in [-0.05, 0) is 53.0 Å². The molecule has 20 heavy (non-hydrogen) atoms. The number of amides is 2. The molecule has 0 radical (unpaired) electrons. The van der Waals surface area contributed by atoms with E-state index in [0.717, 1.165) is 32.5 Å². The van der Waals surface area contributed by atoms with E-state index in [0.29, 0.717) is 11.0 Å². The second-order valence-corrected chi connectivity index (χ2v) is 7.33. The van der Waals surface area contributed by atoms with Crippen LogP contribution in [0.1, 0.15) is 40.5 Å². The average Bonchev–Trinajstić information content (AvgIpc) is 2.25. The van der Waals surface area contributed by atoms with Crippen LogP contribution in [-0.2, 0) is 0 Å². The lowest BCUT2D eigenvalue weighted by Gasteiger charge is -2.36. The first kappa shape index (κ1) is 17.3. The quantitative estimate of drug-likeness (QED) is 0.838. The topological polar surface area (TPSA) is 44.4 Å². The van der Waals surface area contributed by atoms with Crippen LogP contribution >= 0.6 is 11.6 Å². The van der Waals surface area contributed by atoms with Crippen molar-refractivity contribution in [3.63, 3.8) is 0 Å². The minimum absolute atomic E-state index is 0.0936. The van der Waals surface area contributed by atoms with Gasteiger partial charge in [0.2, 0.25) is 0 Å². The Morgan fingerprint density at radius 1 is 1.50 bits per heavy atom. The Balaban J connectivity index is 2.44. The number of hydrogen-bond acceptors (Lipinski definition) is 2. The molecule has 0 unspecified atom stereocenters. The molecule has 0 spiro atoms. The second kappa shape index (κ2) is 7.32. The van der Waals surface area contributed by atoms with Gasteiger partial charge in [0.1, 0.15) is 0 Å². The molecule has 1 fully saturated rings. The Kier molecular flexibility index (Phi) is 6.34. The van der Waals surface area contributed by atoms with Gasteiger partial charge in [0.05, 0.1) is 0 Å². The zero-order valence-electron chi connectivity index (χ0n) is 13.1. The molecule has 116 valence electrons. The van der Waals surface area contributed by atoms with Gasteiger partial charge >= 0.3 is 6.03 Å². The molecule has 2 atom stereocenters. The molecule has 1 saturated heterocycles. The van der Waals surface area contributed by atoms with E-state index in [-0.39, 0.29) is 17.6 Å². The van der Waals surface area contributed by atoms with Gasteiger partial charge in [0, 0.05) is 29.7 Å². The van der Waals surface area contributed by atoms with Crippen molar-refractivity contribution in [1.29, 1.82) is 0 Å². The number of rotatable bonds is 4. The highest BCUT2D eigenvalue weighted by Crippen LogP contribution is 2.20. The predicted octanol–water partition coefficient (Wildman–Crippen LogP) is 2.94. The number of halogens is 1. The number of carbonyl (C=O) groups excluding carboxylic acids is 1. The molecule has 1 aliphatic rings. The Labute approximate surface area is 127 Å². The van der Waals surface area contributed by atoms with Crippen LogP contribution < -0.4 is 10.6 Å². The molecule has 5 heteroatoms. The van der Waals surface area contributed by atoms with Crippen molar-refractivity contribution < 1.29 is 4.79 Å². The summed E-state index contributed by atoms with van der Waals surface area (Å²) in [4.78, 5) is 14.2. The number of urea groups is 1. The number of hydrogen-bond donors (Lipinski definition) is 2. The van der Waals surface area contributed by atoms with E-state index in [4.69, 9.17) is 11.6 Å². The third kappa shape index (κ3) is 6.62. The highest BCUT2D eigenvalue weighted by atomic mass is 35.5. The highest BCUT2D eigenvalue weighted by Gasteiger charge is 2.26. The standard InChI is InChI=1S/C15H28ClN3O/c1-11(16)9-19-8-6-7-13(10-19)12(2)17-14(20)18-15(3,4)5/h12-13H,1,6-10H2,2-5H3,(H2,17,18,20)/t12-,13+/m0/s1. The third-order valence-electron chi connectivity index (χ3n) is 3.49. The summed E-state index contributed by atoms with van der Waals surface area (Å²) in [5.74, 6) is 0.463. The van der Waals surface area contributed by atoms with Crippen LogP contribution in [0.15, 0.2) is 11.6 Å². The Morgan fingerprint density at radius 3 is 2.70 bits per heavy atom. The van der Waals surface area contributed by atoms with Gasteiger partial charge in [-0.25, -0.2) is 4.79 Å². The summed E-state index contributed by atoms with van der Waals surface area (Å²) in [5.41, 5.74) is -0.210. The fraction of sp³-hybridized carbons (Fsp3) is 0.800. The lowest BCUT2D eigenvalue weighted by molar-refractivity contribution is 0.161. The van der Waals surface area contributed by atoms with Gasteiger partial charge in [-0.3, -0.25) is 4.90 Å². The number of likely N-dealkylation sites (tertiary alicyclic amines) is 1. The minimum atomic E-state index is -0.210. The van der Waals surface area contributed by atoms with Crippen molar-refractivity contribution in [3.05, 3.63) is 11.6 Å². The van der Waals surface area contributed by atoms with Gasteiger partial charge in [0.25, 0.3) is 0 Å². The van der Waals surface area contributed by atoms with Crippen molar-refractivity contribution in [2.75, 3.05) is 19.6 Å². The molecule has 1 heterocycles. The highest BCUT2D eigenvalue weighted by molar-refractivity contribution is 6.29. The number of nitrogens with one attached hydrogen (secondary N) is 2. The first-order valence-corrected chi connectivity index (χ1v) is 7.69. The fourth-order valence-corrected chi connectivity index (χ4v) is 2.76. The number of piperidine rings is 1. The maximum atomic E-state index is 11.9. The monoisotopic (exact) mass is 301 g/mol. The Hall–Kier alpha value is -0.740. The van der Waals surface area contributed by atoms with Crippen LogP contribution in [0.2, 0.25) is 0 Å². The largest absolute Gasteiger partial charge is 0.335 e. The van der Waals surface area contributed by atoms with Crippen molar-refractivity contribution in [1.82, 2.24) is 15.5 Å². The fourth-order valence-electron chi connectivity index (χ4n) is 2.59. The van der Waals surface area contributed by atoms with Gasteiger partial charge in [-0.1, -0.05) is 18.2 Å². The molecule has 0 aromatic carbocycles. The molecule has 1 rings (SSSR count). The summed E-state index contributed by atoms with van der Waals surface area (Å²) < 4.78 is 0. The molecule has 0 aromatic heterocycles. The van der Waals surface area contributed by atoms with Crippen LogP contribution in [0.25, 0.3) is 0 Å². The van der Waals surface area contributed by atoms with Crippen LogP contribution in [0, 0.1) is 5.92 Å². The van der Waals surface area contributed by atoms with Crippen molar-refractivity contribution in [2.24, 2.45) is 5.92 Å². The molecule has 2 N–H and O–H groups in total. The number of carbonyl (C=O) groups is 1. The van der Waals surface area contributed by atoms with E-state index in [2.05, 4.69) is 29.0 Å². The van der Waals surface area contributed by atoms with Gasteiger partial charge in [-0.2, -0.15) is 0 Å². The minimum Gasteiger partial charge on any atom is -0.335 e. The zero-order chi connectivity index (χ0) is 15.3. The van der Waals surface area contributed by atoms with E-state index in [1.165, 1.54) is 0 Å². The SMILES string of the molecule is C=C(Cl)CN1CCC[C@@H]([C@H](C)NC(=O)NC(C)(C)C)C1. The maximum absolute atomic E-state index is 11.9. The lowest BCUT2D eigenvalue weighted by Crippen LogP contribution is -2.52. The van der Waals surface area contributed by atoms with Crippen LogP contribution in [0.5, 0.6) is 0 Å². The second-order valence-electron chi connectivity index (χ2n) is 6.79. The first-order chi connectivity index (χ1) is 9.17.